The van der Waals surface area contributed by atoms with E-state index in [1.165, 1.54) is 0 Å². The van der Waals surface area contributed by atoms with Gasteiger partial charge in [-0.15, -0.1) is 0 Å². The highest BCUT2D eigenvalue weighted by Crippen LogP contribution is 2.16. The van der Waals surface area contributed by atoms with Gasteiger partial charge < -0.3 is 0 Å². The summed E-state index contributed by atoms with van der Waals surface area (Å²) in [6.45, 7) is 0. The lowest BCUT2D eigenvalue weighted by Gasteiger charge is -2.02. The molecule has 0 N–H and O–H groups in total. The van der Waals surface area contributed by atoms with Crippen molar-refractivity contribution in [2.45, 2.75) is 12.8 Å². The molecule has 0 aliphatic carbocycles. The van der Waals surface area contributed by atoms with Crippen molar-refractivity contribution in [3.63, 3.8) is 0 Å². The topological polar surface area (TPSA) is 47.6 Å². The molecule has 0 radical (unpaired) electrons. The summed E-state index contributed by atoms with van der Waals surface area (Å²) in [5.41, 5.74) is 0.0402. The molecule has 0 unspecified atom stereocenters. The number of hydrogen-bond acceptors (Lipinski definition) is 2. The van der Waals surface area contributed by atoms with Crippen LogP contribution in [0.3, 0.4) is 0 Å². The fraction of sp³-hybridized carbons (Fsp3) is 0.200. The van der Waals surface area contributed by atoms with E-state index in [0.717, 1.165) is 12.1 Å². The van der Waals surface area contributed by atoms with E-state index in [2.05, 4.69) is 0 Å². The van der Waals surface area contributed by atoms with Crippen LogP contribution in [-0.4, -0.2) is 0 Å². The average Bonchev–Trinajstić information content (AvgIpc) is 2.12. The summed E-state index contributed by atoms with van der Waals surface area (Å²) in [5.74, 6) is -1.53. The van der Waals surface area contributed by atoms with Gasteiger partial charge in [0.25, 0.3) is 0 Å². The first kappa shape index (κ1) is 10.1. The Morgan fingerprint density at radius 2 is 1.50 bits per heavy atom. The maximum atomic E-state index is 13.1. The predicted molar refractivity (Wildman–Crippen MR) is 45.0 cm³/mol. The highest BCUT2D eigenvalue weighted by molar-refractivity contribution is 5.29. The van der Waals surface area contributed by atoms with Gasteiger partial charge in [0, 0.05) is 5.56 Å². The number of benzene rings is 1. The van der Waals surface area contributed by atoms with Gasteiger partial charge in [-0.25, -0.2) is 8.78 Å². The molecule has 0 saturated carbocycles. The highest BCUT2D eigenvalue weighted by atomic mass is 19.1. The molecule has 0 aliphatic heterocycles. The molecule has 0 atom stereocenters. The van der Waals surface area contributed by atoms with Gasteiger partial charge >= 0.3 is 0 Å². The Kier molecular flexibility index (Phi) is 3.14. The van der Waals surface area contributed by atoms with E-state index < -0.39 is 11.6 Å². The fourth-order valence-corrected chi connectivity index (χ4v) is 1.10. The number of rotatable bonds is 2. The van der Waals surface area contributed by atoms with Crippen LogP contribution in [0.4, 0.5) is 8.78 Å². The van der Waals surface area contributed by atoms with Crippen LogP contribution < -0.4 is 0 Å². The average molecular weight is 192 g/mol. The Morgan fingerprint density at radius 3 is 1.93 bits per heavy atom. The number of nitrogens with zero attached hydrogens (tertiary/aromatic N) is 2. The molecule has 0 saturated heterocycles. The molecular weight excluding hydrogens is 186 g/mol. The summed E-state index contributed by atoms with van der Waals surface area (Å²) < 4.78 is 26.2. The van der Waals surface area contributed by atoms with Gasteiger partial charge in [0.1, 0.15) is 11.6 Å². The Balaban J connectivity index is 3.14. The monoisotopic (exact) mass is 192 g/mol. The molecule has 4 heteroatoms. The summed E-state index contributed by atoms with van der Waals surface area (Å²) in [6, 6.07) is 5.63. The molecule has 14 heavy (non-hydrogen) atoms. The smallest absolute Gasteiger partial charge is 0.130 e. The van der Waals surface area contributed by atoms with Crippen molar-refractivity contribution >= 4 is 0 Å². The highest BCUT2D eigenvalue weighted by Gasteiger charge is 2.10. The van der Waals surface area contributed by atoms with Gasteiger partial charge in [0.05, 0.1) is 25.0 Å². The van der Waals surface area contributed by atoms with Crippen molar-refractivity contribution in [1.29, 1.82) is 10.5 Å². The predicted octanol–water partition coefficient (Wildman–Crippen LogP) is 2.10. The lowest BCUT2D eigenvalue weighted by atomic mass is 10.1. The van der Waals surface area contributed by atoms with Crippen molar-refractivity contribution < 1.29 is 8.78 Å². The molecule has 0 aliphatic rings. The molecule has 2 nitrogen and oxygen atoms in total. The van der Waals surface area contributed by atoms with E-state index in [9.17, 15) is 8.78 Å². The molecular formula is C10H6F2N2. The van der Waals surface area contributed by atoms with Crippen LogP contribution in [0.1, 0.15) is 11.1 Å². The minimum absolute atomic E-state index is 0.0410. The van der Waals surface area contributed by atoms with Crippen molar-refractivity contribution in [2.75, 3.05) is 0 Å². The van der Waals surface area contributed by atoms with Gasteiger partial charge in [0.15, 0.2) is 0 Å². The van der Waals surface area contributed by atoms with E-state index in [1.54, 1.807) is 12.1 Å². The van der Waals surface area contributed by atoms with Crippen LogP contribution in [0.15, 0.2) is 12.1 Å². The molecule has 70 valence electrons. The first-order valence-corrected chi connectivity index (χ1v) is 3.89. The summed E-state index contributed by atoms with van der Waals surface area (Å²) in [5, 5.41) is 16.6. The first-order chi connectivity index (χ1) is 6.69. The van der Waals surface area contributed by atoms with Crippen molar-refractivity contribution in [2.24, 2.45) is 0 Å². The molecule has 1 aromatic carbocycles. The number of halogens is 2. The molecule has 1 aromatic rings. The summed E-state index contributed by atoms with van der Waals surface area (Å²) >= 11 is 0. The third-order valence-corrected chi connectivity index (χ3v) is 1.74. The normalized spacial score (nSPS) is 9.14. The summed E-state index contributed by atoms with van der Waals surface area (Å²) in [7, 11) is 0. The lowest BCUT2D eigenvalue weighted by Crippen LogP contribution is -1.97. The van der Waals surface area contributed by atoms with Crippen LogP contribution in [0.25, 0.3) is 0 Å². The van der Waals surface area contributed by atoms with E-state index in [1.807, 2.05) is 0 Å². The van der Waals surface area contributed by atoms with E-state index >= 15 is 0 Å². The molecule has 1 rings (SSSR count). The number of hydrogen-bond donors (Lipinski definition) is 0. The molecule has 0 bridgehead atoms. The Bertz CT molecular complexity index is 404. The third kappa shape index (κ3) is 2.05. The van der Waals surface area contributed by atoms with E-state index in [0.29, 0.717) is 0 Å². The second-order valence-corrected chi connectivity index (χ2v) is 2.71. The van der Waals surface area contributed by atoms with Gasteiger partial charge in [0.2, 0.25) is 0 Å². The Labute approximate surface area is 80.0 Å². The fourth-order valence-electron chi connectivity index (χ4n) is 1.10. The maximum absolute atomic E-state index is 13.1. The minimum atomic E-state index is -0.767. The molecule has 0 heterocycles. The zero-order valence-corrected chi connectivity index (χ0v) is 7.22. The van der Waals surface area contributed by atoms with Crippen LogP contribution in [0, 0.1) is 34.3 Å². The van der Waals surface area contributed by atoms with Crippen molar-refractivity contribution in [3.05, 3.63) is 34.9 Å². The lowest BCUT2D eigenvalue weighted by molar-refractivity contribution is 0.561. The zero-order chi connectivity index (χ0) is 10.6. The van der Waals surface area contributed by atoms with E-state index in [-0.39, 0.29) is 24.0 Å². The maximum Gasteiger partial charge on any atom is 0.130 e. The van der Waals surface area contributed by atoms with E-state index in [4.69, 9.17) is 10.5 Å². The Morgan fingerprint density at radius 1 is 1.00 bits per heavy atom. The summed E-state index contributed by atoms with van der Waals surface area (Å²) in [6.07, 6.45) is -0.342. The van der Waals surface area contributed by atoms with Gasteiger partial charge in [-0.2, -0.15) is 10.5 Å². The summed E-state index contributed by atoms with van der Waals surface area (Å²) in [4.78, 5) is 0. The van der Waals surface area contributed by atoms with Crippen LogP contribution in [-0.2, 0) is 12.8 Å². The molecule has 0 aromatic heterocycles. The molecule has 0 amide bonds. The van der Waals surface area contributed by atoms with Crippen molar-refractivity contribution in [1.82, 2.24) is 0 Å². The second kappa shape index (κ2) is 4.34. The number of nitriles is 2. The van der Waals surface area contributed by atoms with Crippen LogP contribution in [0.5, 0.6) is 0 Å². The first-order valence-electron chi connectivity index (χ1n) is 3.89. The zero-order valence-electron chi connectivity index (χ0n) is 7.22. The van der Waals surface area contributed by atoms with Crippen molar-refractivity contribution in [3.8, 4) is 12.1 Å². The largest absolute Gasteiger partial charge is 0.207 e. The minimum Gasteiger partial charge on any atom is -0.207 e. The molecule has 0 fully saturated rings. The van der Waals surface area contributed by atoms with Gasteiger partial charge in [-0.05, 0) is 17.7 Å². The van der Waals surface area contributed by atoms with Gasteiger partial charge in [-0.3, -0.25) is 0 Å². The third-order valence-electron chi connectivity index (χ3n) is 1.74. The van der Waals surface area contributed by atoms with Crippen LogP contribution in [0.2, 0.25) is 0 Å². The quantitative estimate of drug-likeness (QED) is 0.720. The molecule has 0 spiro atoms. The Hall–Kier alpha value is -1.94. The second-order valence-electron chi connectivity index (χ2n) is 2.71. The standard InChI is InChI=1S/C10H6F2N2/c11-9-5-7(1-3-13)6-10(12)8(9)2-4-14/h5-6H,1-2H2. The van der Waals surface area contributed by atoms with Gasteiger partial charge in [-0.1, -0.05) is 0 Å². The van der Waals surface area contributed by atoms with Crippen LogP contribution >= 0.6 is 0 Å². The SMILES string of the molecule is N#CCc1cc(F)c(CC#N)c(F)c1.